The lowest BCUT2D eigenvalue weighted by Crippen LogP contribution is -2.51. The number of aryl methyl sites for hydroxylation is 2. The Morgan fingerprint density at radius 2 is 2.22 bits per heavy atom. The van der Waals surface area contributed by atoms with Gasteiger partial charge in [-0.2, -0.15) is 5.10 Å². The zero-order valence-corrected chi connectivity index (χ0v) is 10.4. The molecule has 7 heteroatoms. The number of oxime groups is 1. The molecule has 1 aliphatic carbocycles. The van der Waals surface area contributed by atoms with Crippen LogP contribution < -0.4 is 11.1 Å². The number of nitrogens with zero attached hydrogens (tertiary/aromatic N) is 2. The van der Waals surface area contributed by atoms with Gasteiger partial charge in [0.25, 0.3) is 0 Å². The number of carbonyl (C=O) groups excluding carboxylic acids is 1. The molecule has 0 atom stereocenters. The third kappa shape index (κ3) is 1.71. The van der Waals surface area contributed by atoms with Gasteiger partial charge >= 0.3 is 0 Å². The van der Waals surface area contributed by atoms with E-state index in [0.29, 0.717) is 18.5 Å². The van der Waals surface area contributed by atoms with E-state index < -0.39 is 5.41 Å². The molecule has 1 heterocycles. The fraction of sp³-hybridized carbons (Fsp3) is 0.545. The van der Waals surface area contributed by atoms with Gasteiger partial charge in [-0.05, 0) is 26.7 Å². The molecule has 1 fully saturated rings. The van der Waals surface area contributed by atoms with Crippen molar-refractivity contribution in [3.8, 4) is 0 Å². The second kappa shape index (κ2) is 4.32. The van der Waals surface area contributed by atoms with Gasteiger partial charge in [-0.3, -0.25) is 9.89 Å². The summed E-state index contributed by atoms with van der Waals surface area (Å²) >= 11 is 0. The number of carbonyl (C=O) groups is 1. The summed E-state index contributed by atoms with van der Waals surface area (Å²) in [5, 5.41) is 21.4. The molecule has 0 aromatic carbocycles. The topological polar surface area (TPSA) is 116 Å². The quantitative estimate of drug-likeness (QED) is 0.276. The van der Waals surface area contributed by atoms with E-state index in [2.05, 4.69) is 20.7 Å². The molecule has 18 heavy (non-hydrogen) atoms. The summed E-state index contributed by atoms with van der Waals surface area (Å²) < 4.78 is 0. The van der Waals surface area contributed by atoms with Crippen molar-refractivity contribution in [2.75, 3.05) is 5.32 Å². The van der Waals surface area contributed by atoms with Crippen molar-refractivity contribution in [1.82, 2.24) is 10.2 Å². The molecule has 2 rings (SSSR count). The van der Waals surface area contributed by atoms with Gasteiger partial charge in [0.15, 0.2) is 5.84 Å². The molecule has 98 valence electrons. The van der Waals surface area contributed by atoms with Gasteiger partial charge < -0.3 is 16.3 Å². The highest BCUT2D eigenvalue weighted by Crippen LogP contribution is 2.42. The first-order chi connectivity index (χ1) is 8.51. The molecule has 0 unspecified atom stereocenters. The van der Waals surface area contributed by atoms with Crippen LogP contribution in [-0.4, -0.2) is 27.1 Å². The Hall–Kier alpha value is -2.05. The SMILES string of the molecule is Cc1n[nH]c(C)c1NC(=O)C1(C(N)=NO)CCC1. The smallest absolute Gasteiger partial charge is 0.238 e. The standard InChI is InChI=1S/C11H17N5O2/c1-6-8(7(2)15-14-6)13-10(17)11(4-3-5-11)9(12)16-18/h18H,3-5H2,1-2H3,(H2,12,16)(H,13,17)(H,14,15). The Balaban J connectivity index is 2.22. The van der Waals surface area contributed by atoms with Crippen molar-refractivity contribution in [3.63, 3.8) is 0 Å². The third-order valence-corrected chi connectivity index (χ3v) is 3.61. The van der Waals surface area contributed by atoms with Crippen LogP contribution in [0.2, 0.25) is 0 Å². The third-order valence-electron chi connectivity index (χ3n) is 3.61. The monoisotopic (exact) mass is 251 g/mol. The zero-order valence-electron chi connectivity index (χ0n) is 10.4. The van der Waals surface area contributed by atoms with Gasteiger partial charge in [-0.1, -0.05) is 11.6 Å². The Bertz CT molecular complexity index is 482. The van der Waals surface area contributed by atoms with Crippen molar-refractivity contribution in [1.29, 1.82) is 0 Å². The second-order valence-corrected chi connectivity index (χ2v) is 4.68. The number of amidine groups is 1. The molecule has 0 spiro atoms. The highest BCUT2D eigenvalue weighted by Gasteiger charge is 2.48. The van der Waals surface area contributed by atoms with E-state index in [1.54, 1.807) is 6.92 Å². The predicted molar refractivity (Wildman–Crippen MR) is 66.4 cm³/mol. The fourth-order valence-electron chi connectivity index (χ4n) is 2.19. The summed E-state index contributed by atoms with van der Waals surface area (Å²) in [6, 6.07) is 0. The average Bonchev–Trinajstić information content (AvgIpc) is 2.59. The molecule has 1 saturated carbocycles. The van der Waals surface area contributed by atoms with Gasteiger partial charge in [0, 0.05) is 0 Å². The number of nitrogens with one attached hydrogen (secondary N) is 2. The molecule has 0 aliphatic heterocycles. The molecule has 0 radical (unpaired) electrons. The molecule has 5 N–H and O–H groups in total. The molecule has 1 amide bonds. The number of hydrogen-bond donors (Lipinski definition) is 4. The molecular formula is C11H17N5O2. The number of aromatic nitrogens is 2. The summed E-state index contributed by atoms with van der Waals surface area (Å²) in [4.78, 5) is 12.3. The molecule has 1 aliphatic rings. The van der Waals surface area contributed by atoms with E-state index in [9.17, 15) is 4.79 Å². The van der Waals surface area contributed by atoms with Crippen molar-refractivity contribution in [2.24, 2.45) is 16.3 Å². The number of hydrogen-bond acceptors (Lipinski definition) is 4. The normalized spacial score (nSPS) is 18.2. The van der Waals surface area contributed by atoms with E-state index in [4.69, 9.17) is 10.9 Å². The Morgan fingerprint density at radius 3 is 2.61 bits per heavy atom. The van der Waals surface area contributed by atoms with Crippen molar-refractivity contribution >= 4 is 17.4 Å². The van der Waals surface area contributed by atoms with Crippen LogP contribution in [-0.2, 0) is 4.79 Å². The van der Waals surface area contributed by atoms with E-state index in [1.807, 2.05) is 6.92 Å². The Morgan fingerprint density at radius 1 is 1.56 bits per heavy atom. The van der Waals surface area contributed by atoms with Crippen LogP contribution >= 0.6 is 0 Å². The first-order valence-electron chi connectivity index (χ1n) is 5.82. The van der Waals surface area contributed by atoms with Gasteiger partial charge in [-0.15, -0.1) is 0 Å². The minimum atomic E-state index is -0.870. The lowest BCUT2D eigenvalue weighted by Gasteiger charge is -2.38. The van der Waals surface area contributed by atoms with Crippen LogP contribution in [0, 0.1) is 19.3 Å². The summed E-state index contributed by atoms with van der Waals surface area (Å²) in [7, 11) is 0. The number of anilines is 1. The summed E-state index contributed by atoms with van der Waals surface area (Å²) in [6.07, 6.45) is 2.10. The van der Waals surface area contributed by atoms with E-state index in [0.717, 1.165) is 17.8 Å². The predicted octanol–water partition coefficient (Wildman–Crippen LogP) is 0.882. The maximum Gasteiger partial charge on any atom is 0.238 e. The first-order valence-corrected chi connectivity index (χ1v) is 5.82. The summed E-state index contributed by atoms with van der Waals surface area (Å²) in [5.74, 6) is -0.262. The number of H-pyrrole nitrogens is 1. The average molecular weight is 251 g/mol. The van der Waals surface area contributed by atoms with Gasteiger partial charge in [0.05, 0.1) is 17.1 Å². The first kappa shape index (κ1) is 12.4. The summed E-state index contributed by atoms with van der Waals surface area (Å²) in [6.45, 7) is 3.63. The number of aromatic amines is 1. The van der Waals surface area contributed by atoms with Crippen molar-refractivity contribution in [3.05, 3.63) is 11.4 Å². The van der Waals surface area contributed by atoms with Crippen LogP contribution in [0.3, 0.4) is 0 Å². The fourth-order valence-corrected chi connectivity index (χ4v) is 2.19. The maximum absolute atomic E-state index is 12.3. The Labute approximate surface area is 104 Å². The van der Waals surface area contributed by atoms with Crippen LogP contribution in [0.25, 0.3) is 0 Å². The van der Waals surface area contributed by atoms with Gasteiger partial charge in [0.2, 0.25) is 5.91 Å². The van der Waals surface area contributed by atoms with E-state index in [-0.39, 0.29) is 11.7 Å². The highest BCUT2D eigenvalue weighted by atomic mass is 16.4. The molecular weight excluding hydrogens is 234 g/mol. The largest absolute Gasteiger partial charge is 0.409 e. The lowest BCUT2D eigenvalue weighted by atomic mass is 9.67. The second-order valence-electron chi connectivity index (χ2n) is 4.68. The van der Waals surface area contributed by atoms with Crippen LogP contribution in [0.4, 0.5) is 5.69 Å². The van der Waals surface area contributed by atoms with Crippen molar-refractivity contribution in [2.45, 2.75) is 33.1 Å². The number of nitrogens with two attached hydrogens (primary N) is 1. The molecule has 7 nitrogen and oxygen atoms in total. The Kier molecular flexibility index (Phi) is 2.98. The maximum atomic E-state index is 12.3. The van der Waals surface area contributed by atoms with Gasteiger partial charge in [0.1, 0.15) is 5.41 Å². The molecule has 0 saturated heterocycles. The minimum Gasteiger partial charge on any atom is -0.409 e. The zero-order chi connectivity index (χ0) is 13.3. The van der Waals surface area contributed by atoms with Crippen LogP contribution in [0.1, 0.15) is 30.7 Å². The minimum absolute atomic E-state index is 0.0231. The van der Waals surface area contributed by atoms with E-state index in [1.165, 1.54) is 0 Å². The van der Waals surface area contributed by atoms with Crippen molar-refractivity contribution < 1.29 is 10.0 Å². The van der Waals surface area contributed by atoms with Crippen LogP contribution in [0.15, 0.2) is 5.16 Å². The van der Waals surface area contributed by atoms with Crippen LogP contribution in [0.5, 0.6) is 0 Å². The van der Waals surface area contributed by atoms with Gasteiger partial charge in [-0.25, -0.2) is 0 Å². The summed E-state index contributed by atoms with van der Waals surface area (Å²) in [5.41, 5.74) is 6.93. The molecule has 1 aromatic rings. The van der Waals surface area contributed by atoms with E-state index >= 15 is 0 Å². The lowest BCUT2D eigenvalue weighted by molar-refractivity contribution is -0.125. The number of amides is 1. The molecule has 0 bridgehead atoms. The molecule has 1 aromatic heterocycles. The highest BCUT2D eigenvalue weighted by molar-refractivity contribution is 6.12. The number of rotatable bonds is 3.